The summed E-state index contributed by atoms with van der Waals surface area (Å²) in [5.74, 6) is 0.201. The van der Waals surface area contributed by atoms with E-state index in [1.165, 1.54) is 17.3 Å². The fourth-order valence-corrected chi connectivity index (χ4v) is 1.29. The van der Waals surface area contributed by atoms with Crippen molar-refractivity contribution in [2.75, 3.05) is 11.1 Å². The van der Waals surface area contributed by atoms with Gasteiger partial charge in [0.1, 0.15) is 0 Å². The molecule has 84 valence electrons. The van der Waals surface area contributed by atoms with Crippen LogP contribution in [0.3, 0.4) is 0 Å². The highest BCUT2D eigenvalue weighted by atomic mass is 16.3. The number of anilines is 2. The molecule has 2 aromatic heterocycles. The number of nitrogens with one attached hydrogen (secondary N) is 1. The van der Waals surface area contributed by atoms with Crippen LogP contribution in [0.4, 0.5) is 11.5 Å². The van der Waals surface area contributed by atoms with E-state index in [4.69, 9.17) is 10.2 Å². The number of nitrogens with two attached hydrogens (primary N) is 1. The molecule has 0 bridgehead atoms. The van der Waals surface area contributed by atoms with Crippen molar-refractivity contribution >= 4 is 17.4 Å². The molecule has 3 N–H and O–H groups in total. The highest BCUT2D eigenvalue weighted by Gasteiger charge is 2.16. The Bertz CT molecular complexity index is 508. The molecule has 0 unspecified atom stereocenters. The van der Waals surface area contributed by atoms with Gasteiger partial charge in [-0.25, -0.2) is 4.98 Å². The summed E-state index contributed by atoms with van der Waals surface area (Å²) in [6.45, 7) is 1.69. The van der Waals surface area contributed by atoms with Gasteiger partial charge in [-0.1, -0.05) is 0 Å². The molecule has 16 heavy (non-hydrogen) atoms. The second-order valence-corrected chi connectivity index (χ2v) is 3.29. The first-order valence-electron chi connectivity index (χ1n) is 4.58. The van der Waals surface area contributed by atoms with E-state index in [-0.39, 0.29) is 5.76 Å². The summed E-state index contributed by atoms with van der Waals surface area (Å²) < 4.78 is 6.43. The first kappa shape index (κ1) is 10.2. The monoisotopic (exact) mass is 221 g/mol. The zero-order chi connectivity index (χ0) is 11.7. The lowest BCUT2D eigenvalue weighted by atomic mass is 10.3. The lowest BCUT2D eigenvalue weighted by Gasteiger charge is -2.04. The average molecular weight is 221 g/mol. The highest BCUT2D eigenvalue weighted by molar-refractivity contribution is 6.03. The van der Waals surface area contributed by atoms with Crippen LogP contribution in [0, 0.1) is 6.92 Å². The number of rotatable bonds is 2. The minimum absolute atomic E-state index is 0.167. The summed E-state index contributed by atoms with van der Waals surface area (Å²) in [7, 11) is 1.68. The maximum atomic E-state index is 11.8. The third-order valence-electron chi connectivity index (χ3n) is 2.15. The molecule has 0 fully saturated rings. The number of aromatic nitrogens is 3. The summed E-state index contributed by atoms with van der Waals surface area (Å²) in [6, 6.07) is 0. The lowest BCUT2D eigenvalue weighted by molar-refractivity contribution is 0.0995. The minimum Gasteiger partial charge on any atom is -0.438 e. The molecule has 0 atom stereocenters. The topological polar surface area (TPSA) is 99.0 Å². The summed E-state index contributed by atoms with van der Waals surface area (Å²) in [4.78, 5) is 15.6. The number of carbonyl (C=O) groups excluding carboxylic acids is 1. The van der Waals surface area contributed by atoms with Crippen molar-refractivity contribution in [2.24, 2.45) is 7.05 Å². The van der Waals surface area contributed by atoms with Crippen LogP contribution in [-0.2, 0) is 7.05 Å². The highest BCUT2D eigenvalue weighted by Crippen LogP contribution is 2.17. The number of hydrogen-bond donors (Lipinski definition) is 2. The van der Waals surface area contributed by atoms with E-state index >= 15 is 0 Å². The van der Waals surface area contributed by atoms with Crippen LogP contribution in [0.1, 0.15) is 16.2 Å². The van der Waals surface area contributed by atoms with E-state index in [0.29, 0.717) is 17.2 Å². The predicted octanol–water partition coefficient (Wildman–Crippen LogP) is 0.551. The molecule has 0 aromatic carbocycles. The molecule has 0 saturated heterocycles. The fraction of sp³-hybridized carbons (Fsp3) is 0.222. The molecule has 0 saturated carbocycles. The van der Waals surface area contributed by atoms with Gasteiger partial charge in [0.15, 0.2) is 12.2 Å². The van der Waals surface area contributed by atoms with E-state index < -0.39 is 5.91 Å². The van der Waals surface area contributed by atoms with Gasteiger partial charge in [-0.2, -0.15) is 5.10 Å². The Balaban J connectivity index is 2.24. The van der Waals surface area contributed by atoms with Gasteiger partial charge >= 0.3 is 0 Å². The maximum absolute atomic E-state index is 11.8. The van der Waals surface area contributed by atoms with Crippen LogP contribution in [0.15, 0.2) is 17.0 Å². The molecule has 1 amide bonds. The van der Waals surface area contributed by atoms with Crippen molar-refractivity contribution in [1.82, 2.24) is 14.8 Å². The quantitative estimate of drug-likeness (QED) is 0.771. The van der Waals surface area contributed by atoms with Crippen molar-refractivity contribution in [3.8, 4) is 0 Å². The van der Waals surface area contributed by atoms with E-state index in [9.17, 15) is 4.79 Å². The summed E-state index contributed by atoms with van der Waals surface area (Å²) in [5, 5.41) is 6.51. The fourth-order valence-electron chi connectivity index (χ4n) is 1.29. The zero-order valence-corrected chi connectivity index (χ0v) is 8.89. The average Bonchev–Trinajstić information content (AvgIpc) is 2.79. The van der Waals surface area contributed by atoms with Gasteiger partial charge in [-0.05, 0) is 6.92 Å². The van der Waals surface area contributed by atoms with E-state index in [0.717, 1.165) is 0 Å². The van der Waals surface area contributed by atoms with Gasteiger partial charge in [0.25, 0.3) is 5.91 Å². The van der Waals surface area contributed by atoms with Gasteiger partial charge < -0.3 is 15.5 Å². The molecule has 0 radical (unpaired) electrons. The van der Waals surface area contributed by atoms with Crippen LogP contribution < -0.4 is 11.1 Å². The van der Waals surface area contributed by atoms with Crippen LogP contribution >= 0.6 is 0 Å². The van der Waals surface area contributed by atoms with Gasteiger partial charge in [0.05, 0.1) is 17.6 Å². The Morgan fingerprint density at radius 3 is 2.88 bits per heavy atom. The molecule has 2 heterocycles. The van der Waals surface area contributed by atoms with Crippen LogP contribution in [0.5, 0.6) is 0 Å². The number of amides is 1. The van der Waals surface area contributed by atoms with Crippen LogP contribution in [-0.4, -0.2) is 20.7 Å². The summed E-state index contributed by atoms with van der Waals surface area (Å²) >= 11 is 0. The lowest BCUT2D eigenvalue weighted by Crippen LogP contribution is -2.15. The molecule has 2 rings (SSSR count). The van der Waals surface area contributed by atoms with Crippen molar-refractivity contribution in [2.45, 2.75) is 6.92 Å². The second kappa shape index (κ2) is 3.69. The molecule has 0 spiro atoms. The Labute approximate surface area is 91.3 Å². The Morgan fingerprint density at radius 1 is 1.62 bits per heavy atom. The third kappa shape index (κ3) is 1.62. The maximum Gasteiger partial charge on any atom is 0.294 e. The molecule has 0 aliphatic carbocycles. The van der Waals surface area contributed by atoms with E-state index in [1.54, 1.807) is 14.0 Å². The molecule has 0 aliphatic rings. The summed E-state index contributed by atoms with van der Waals surface area (Å²) in [5.41, 5.74) is 6.56. The van der Waals surface area contributed by atoms with Crippen LogP contribution in [0.25, 0.3) is 0 Å². The molecule has 0 aliphatic heterocycles. The van der Waals surface area contributed by atoms with Gasteiger partial charge in [-0.3, -0.25) is 9.48 Å². The largest absolute Gasteiger partial charge is 0.438 e. The smallest absolute Gasteiger partial charge is 0.294 e. The van der Waals surface area contributed by atoms with Crippen molar-refractivity contribution < 1.29 is 9.21 Å². The Hall–Kier alpha value is -2.31. The zero-order valence-electron chi connectivity index (χ0n) is 8.89. The van der Waals surface area contributed by atoms with Crippen molar-refractivity contribution in [1.29, 1.82) is 0 Å². The number of aryl methyl sites for hydroxylation is 2. The van der Waals surface area contributed by atoms with Crippen LogP contribution in [0.2, 0.25) is 0 Å². The van der Waals surface area contributed by atoms with E-state index in [2.05, 4.69) is 15.4 Å². The first-order valence-corrected chi connectivity index (χ1v) is 4.58. The Kier molecular flexibility index (Phi) is 2.35. The van der Waals surface area contributed by atoms with Gasteiger partial charge in [-0.15, -0.1) is 0 Å². The summed E-state index contributed by atoms with van der Waals surface area (Å²) in [6.07, 6.45) is 2.68. The molecule has 2 aromatic rings. The van der Waals surface area contributed by atoms with Gasteiger partial charge in [0, 0.05) is 7.05 Å². The molecular weight excluding hydrogens is 210 g/mol. The van der Waals surface area contributed by atoms with Gasteiger partial charge in [0.2, 0.25) is 5.76 Å². The van der Waals surface area contributed by atoms with Crippen molar-refractivity contribution in [3.63, 3.8) is 0 Å². The molecule has 7 heteroatoms. The minimum atomic E-state index is -0.398. The SMILES string of the molecule is Cc1ncoc1C(=O)Nc1c(N)cnn1C. The number of oxazole rings is 1. The number of nitrogens with zero attached hydrogens (tertiary/aromatic N) is 3. The number of hydrogen-bond acceptors (Lipinski definition) is 5. The Morgan fingerprint density at radius 2 is 2.38 bits per heavy atom. The number of nitrogen functional groups attached to an aromatic ring is 1. The molecular formula is C9H11N5O2. The number of carbonyl (C=O) groups is 1. The molecule has 7 nitrogen and oxygen atoms in total. The second-order valence-electron chi connectivity index (χ2n) is 3.29. The standard InChI is InChI=1S/C9H11N5O2/c1-5-7(16-4-11-5)9(15)13-8-6(10)3-12-14(8)2/h3-4H,10H2,1-2H3,(H,13,15). The van der Waals surface area contributed by atoms with Crippen molar-refractivity contribution in [3.05, 3.63) is 24.0 Å². The van der Waals surface area contributed by atoms with E-state index in [1.807, 2.05) is 0 Å². The normalized spacial score (nSPS) is 10.4. The predicted molar refractivity (Wildman–Crippen MR) is 56.8 cm³/mol. The third-order valence-corrected chi connectivity index (χ3v) is 2.15. The first-order chi connectivity index (χ1) is 7.59.